The van der Waals surface area contributed by atoms with Gasteiger partial charge in [0.2, 0.25) is 11.9 Å². The molecule has 1 atom stereocenters. The molecule has 1 amide bonds. The predicted octanol–water partition coefficient (Wildman–Crippen LogP) is 4.53. The summed E-state index contributed by atoms with van der Waals surface area (Å²) in [5, 5.41) is 10.2. The second-order valence-corrected chi connectivity index (χ2v) is 9.53. The van der Waals surface area contributed by atoms with Gasteiger partial charge in [0.25, 0.3) is 0 Å². The summed E-state index contributed by atoms with van der Waals surface area (Å²) in [6.07, 6.45) is 0.423. The standard InChI is InChI=1S/C29H28N6O/c1-20-9-8-12-23(17-20)27-31-32-28-24-13-6-7-14-25(24)30-29(35(27)28)33-15-16-34(21(2)19-33)26(36)18-22-10-4-3-5-11-22/h3-14,17,21H,15-16,18-19H2,1-2H3/t21-/m0/s1. The van der Waals surface area contributed by atoms with E-state index in [0.717, 1.165) is 39.4 Å². The fraction of sp³-hybridized carbons (Fsp3) is 0.241. The lowest BCUT2D eigenvalue weighted by Crippen LogP contribution is -2.55. The van der Waals surface area contributed by atoms with Crippen LogP contribution in [0.25, 0.3) is 27.9 Å². The zero-order valence-corrected chi connectivity index (χ0v) is 20.5. The van der Waals surface area contributed by atoms with Gasteiger partial charge in [-0.05, 0) is 37.6 Å². The number of piperazine rings is 1. The maximum Gasteiger partial charge on any atom is 0.227 e. The van der Waals surface area contributed by atoms with E-state index in [4.69, 9.17) is 4.98 Å². The number of carbonyl (C=O) groups excluding carboxylic acids is 1. The van der Waals surface area contributed by atoms with Gasteiger partial charge < -0.3 is 9.80 Å². The van der Waals surface area contributed by atoms with Gasteiger partial charge in [-0.3, -0.25) is 4.79 Å². The van der Waals surface area contributed by atoms with E-state index < -0.39 is 0 Å². The smallest absolute Gasteiger partial charge is 0.227 e. The molecule has 3 aromatic carbocycles. The molecule has 0 N–H and O–H groups in total. The molecule has 1 fully saturated rings. The van der Waals surface area contributed by atoms with Gasteiger partial charge in [0.15, 0.2) is 11.5 Å². The quantitative estimate of drug-likeness (QED) is 0.381. The maximum atomic E-state index is 13.1. The molecule has 0 unspecified atom stereocenters. The van der Waals surface area contributed by atoms with Crippen LogP contribution in [0, 0.1) is 6.92 Å². The normalized spacial score (nSPS) is 16.1. The minimum Gasteiger partial charge on any atom is -0.338 e. The van der Waals surface area contributed by atoms with Gasteiger partial charge in [-0.2, -0.15) is 0 Å². The van der Waals surface area contributed by atoms with Gasteiger partial charge in [-0.25, -0.2) is 9.38 Å². The van der Waals surface area contributed by atoms with Crippen LogP contribution < -0.4 is 4.90 Å². The fourth-order valence-electron chi connectivity index (χ4n) is 5.13. The van der Waals surface area contributed by atoms with E-state index in [9.17, 15) is 4.79 Å². The zero-order valence-electron chi connectivity index (χ0n) is 20.5. The Morgan fingerprint density at radius 1 is 0.944 bits per heavy atom. The van der Waals surface area contributed by atoms with Gasteiger partial charge in [-0.1, -0.05) is 66.2 Å². The summed E-state index contributed by atoms with van der Waals surface area (Å²) in [5.74, 6) is 1.75. The van der Waals surface area contributed by atoms with Crippen LogP contribution in [0.2, 0.25) is 0 Å². The molecule has 0 aliphatic carbocycles. The van der Waals surface area contributed by atoms with Gasteiger partial charge in [-0.15, -0.1) is 10.2 Å². The molecule has 1 saturated heterocycles. The largest absolute Gasteiger partial charge is 0.338 e. The molecule has 0 bridgehead atoms. The van der Waals surface area contributed by atoms with E-state index in [0.29, 0.717) is 26.1 Å². The molecule has 0 radical (unpaired) electrons. The third-order valence-electron chi connectivity index (χ3n) is 6.93. The van der Waals surface area contributed by atoms with E-state index >= 15 is 0 Å². The fourth-order valence-corrected chi connectivity index (χ4v) is 5.13. The highest BCUT2D eigenvalue weighted by atomic mass is 16.2. The molecule has 5 aromatic rings. The molecule has 3 heterocycles. The molecule has 2 aromatic heterocycles. The lowest BCUT2D eigenvalue weighted by atomic mass is 10.1. The molecule has 1 aliphatic rings. The van der Waals surface area contributed by atoms with Crippen LogP contribution in [0.3, 0.4) is 0 Å². The maximum absolute atomic E-state index is 13.1. The lowest BCUT2D eigenvalue weighted by molar-refractivity contribution is -0.132. The van der Waals surface area contributed by atoms with E-state index in [1.54, 1.807) is 0 Å². The van der Waals surface area contributed by atoms with Crippen LogP contribution in [-0.2, 0) is 11.2 Å². The van der Waals surface area contributed by atoms with Crippen molar-refractivity contribution < 1.29 is 4.79 Å². The Balaban J connectivity index is 1.37. The second-order valence-electron chi connectivity index (χ2n) is 9.53. The minimum atomic E-state index is 0.0529. The number of fused-ring (bicyclic) bond motifs is 3. The van der Waals surface area contributed by atoms with Gasteiger partial charge in [0, 0.05) is 36.6 Å². The number of rotatable bonds is 4. The molecule has 7 heteroatoms. The summed E-state index contributed by atoms with van der Waals surface area (Å²) in [6, 6.07) is 26.4. The van der Waals surface area contributed by atoms with Crippen molar-refractivity contribution in [2.75, 3.05) is 24.5 Å². The highest BCUT2D eigenvalue weighted by Gasteiger charge is 2.30. The monoisotopic (exact) mass is 476 g/mol. The Morgan fingerprint density at radius 3 is 2.56 bits per heavy atom. The van der Waals surface area contributed by atoms with Crippen molar-refractivity contribution in [2.24, 2.45) is 0 Å². The number of carbonyl (C=O) groups is 1. The minimum absolute atomic E-state index is 0.0529. The molecular formula is C29H28N6O. The van der Waals surface area contributed by atoms with Crippen molar-refractivity contribution in [3.63, 3.8) is 0 Å². The summed E-state index contributed by atoms with van der Waals surface area (Å²) in [4.78, 5) is 22.4. The predicted molar refractivity (Wildman–Crippen MR) is 142 cm³/mol. The Morgan fingerprint density at radius 2 is 1.75 bits per heavy atom. The molecule has 7 nitrogen and oxygen atoms in total. The summed E-state index contributed by atoms with van der Waals surface area (Å²) in [6.45, 7) is 6.21. The Labute approximate surface area is 210 Å². The lowest BCUT2D eigenvalue weighted by Gasteiger charge is -2.40. The molecule has 1 aliphatic heterocycles. The molecule has 180 valence electrons. The number of hydrogen-bond acceptors (Lipinski definition) is 5. The number of anilines is 1. The molecule has 0 saturated carbocycles. The van der Waals surface area contributed by atoms with Crippen LogP contribution in [0.1, 0.15) is 18.1 Å². The Bertz CT molecular complexity index is 1560. The first-order valence-electron chi connectivity index (χ1n) is 12.4. The highest BCUT2D eigenvalue weighted by molar-refractivity contribution is 5.93. The Kier molecular flexibility index (Phi) is 5.60. The van der Waals surface area contributed by atoms with Gasteiger partial charge >= 0.3 is 0 Å². The summed E-state index contributed by atoms with van der Waals surface area (Å²) < 4.78 is 2.07. The third kappa shape index (κ3) is 3.96. The number of aryl methyl sites for hydroxylation is 1. The highest BCUT2D eigenvalue weighted by Crippen LogP contribution is 2.30. The molecular weight excluding hydrogens is 448 g/mol. The molecule has 36 heavy (non-hydrogen) atoms. The number of nitrogens with zero attached hydrogens (tertiary/aromatic N) is 6. The van der Waals surface area contributed by atoms with E-state index in [1.807, 2.05) is 65.6 Å². The topological polar surface area (TPSA) is 66.6 Å². The first kappa shape index (κ1) is 22.2. The SMILES string of the molecule is Cc1cccc(-c2nnc3c4ccccc4nc(N4CCN(C(=O)Cc5ccccc5)[C@@H](C)C4)n23)c1. The molecule has 0 spiro atoms. The second kappa shape index (κ2) is 9.07. The number of aromatic nitrogens is 4. The van der Waals surface area contributed by atoms with Gasteiger partial charge in [0.05, 0.1) is 11.9 Å². The van der Waals surface area contributed by atoms with Crippen LogP contribution in [0.4, 0.5) is 5.95 Å². The number of amides is 1. The van der Waals surface area contributed by atoms with Crippen LogP contribution in [0.5, 0.6) is 0 Å². The molecule has 6 rings (SSSR count). The number of hydrogen-bond donors (Lipinski definition) is 0. The van der Waals surface area contributed by atoms with Gasteiger partial charge in [0.1, 0.15) is 0 Å². The van der Waals surface area contributed by atoms with E-state index in [-0.39, 0.29) is 11.9 Å². The van der Waals surface area contributed by atoms with Crippen LogP contribution in [0.15, 0.2) is 78.9 Å². The summed E-state index contributed by atoms with van der Waals surface area (Å²) >= 11 is 0. The van der Waals surface area contributed by atoms with Crippen molar-refractivity contribution in [1.82, 2.24) is 24.5 Å². The van der Waals surface area contributed by atoms with E-state index in [2.05, 4.69) is 51.5 Å². The van der Waals surface area contributed by atoms with Crippen molar-refractivity contribution in [2.45, 2.75) is 26.3 Å². The van der Waals surface area contributed by atoms with Crippen molar-refractivity contribution in [3.05, 3.63) is 90.0 Å². The van der Waals surface area contributed by atoms with Crippen molar-refractivity contribution in [1.29, 1.82) is 0 Å². The number of benzene rings is 3. The summed E-state index contributed by atoms with van der Waals surface area (Å²) in [7, 11) is 0. The zero-order chi connectivity index (χ0) is 24.6. The first-order valence-corrected chi connectivity index (χ1v) is 12.4. The van der Waals surface area contributed by atoms with E-state index in [1.165, 1.54) is 5.56 Å². The summed E-state index contributed by atoms with van der Waals surface area (Å²) in [5.41, 5.74) is 4.90. The number of para-hydroxylation sites is 1. The average Bonchev–Trinajstić information content (AvgIpc) is 3.34. The third-order valence-corrected chi connectivity index (χ3v) is 6.93. The average molecular weight is 477 g/mol. The Hall–Kier alpha value is -4.26. The van der Waals surface area contributed by atoms with Crippen molar-refractivity contribution in [3.8, 4) is 11.4 Å². The van der Waals surface area contributed by atoms with Crippen LogP contribution in [-0.4, -0.2) is 56.1 Å². The van der Waals surface area contributed by atoms with Crippen molar-refractivity contribution >= 4 is 28.4 Å². The van der Waals surface area contributed by atoms with Crippen LogP contribution >= 0.6 is 0 Å². The first-order chi connectivity index (χ1) is 17.6.